The minimum absolute atomic E-state index is 0.772. The summed E-state index contributed by atoms with van der Waals surface area (Å²) in [5.41, 5.74) is 2.76. The maximum atomic E-state index is 4.64. The molecule has 0 aliphatic carbocycles. The molecule has 0 N–H and O–H groups in total. The summed E-state index contributed by atoms with van der Waals surface area (Å²) in [5, 5.41) is 10.3. The lowest BCUT2D eigenvalue weighted by atomic mass is 10.2. The van der Waals surface area contributed by atoms with Crippen LogP contribution in [-0.2, 0) is 6.54 Å². The summed E-state index contributed by atoms with van der Waals surface area (Å²) >= 11 is 1.47. The van der Waals surface area contributed by atoms with Crippen molar-refractivity contribution in [3.8, 4) is 11.4 Å². The van der Waals surface area contributed by atoms with Gasteiger partial charge in [0, 0.05) is 24.5 Å². The van der Waals surface area contributed by atoms with E-state index in [0.29, 0.717) is 0 Å². The summed E-state index contributed by atoms with van der Waals surface area (Å²) in [6, 6.07) is 11.7. The molecule has 0 aliphatic rings. The van der Waals surface area contributed by atoms with E-state index in [1.165, 1.54) is 11.8 Å². The molecular formula is C17H14N6S. The molecule has 4 rings (SSSR count). The second-order valence-electron chi connectivity index (χ2n) is 5.09. The molecule has 7 heteroatoms. The van der Waals surface area contributed by atoms with Crippen molar-refractivity contribution in [1.29, 1.82) is 0 Å². The molecule has 0 saturated carbocycles. The van der Waals surface area contributed by atoms with E-state index >= 15 is 0 Å². The average Bonchev–Trinajstić information content (AvgIpc) is 3.05. The minimum Gasteiger partial charge on any atom is -0.302 e. The fraction of sp³-hybridized carbons (Fsp3) is 0.118. The van der Waals surface area contributed by atoms with Crippen molar-refractivity contribution in [2.24, 2.45) is 0 Å². The quantitative estimate of drug-likeness (QED) is 0.569. The van der Waals surface area contributed by atoms with Gasteiger partial charge in [-0.3, -0.25) is 9.97 Å². The smallest absolute Gasteiger partial charge is 0.197 e. The first-order valence-corrected chi connectivity index (χ1v) is 8.40. The fourth-order valence-corrected chi connectivity index (χ4v) is 3.29. The summed E-state index contributed by atoms with van der Waals surface area (Å²) in [6.45, 7) is 2.85. The molecule has 0 fully saturated rings. The van der Waals surface area contributed by atoms with Gasteiger partial charge in [0.15, 0.2) is 11.0 Å². The van der Waals surface area contributed by atoms with Crippen LogP contribution in [0.4, 0.5) is 0 Å². The molecule has 3 heterocycles. The topological polar surface area (TPSA) is 69.4 Å². The summed E-state index contributed by atoms with van der Waals surface area (Å²) in [7, 11) is 0. The first kappa shape index (κ1) is 14.8. The zero-order valence-electron chi connectivity index (χ0n) is 13.0. The van der Waals surface area contributed by atoms with Crippen LogP contribution in [0.3, 0.4) is 0 Å². The molecule has 0 saturated heterocycles. The Bertz CT molecular complexity index is 983. The number of aromatic nitrogens is 6. The fourth-order valence-electron chi connectivity index (χ4n) is 2.45. The van der Waals surface area contributed by atoms with Gasteiger partial charge in [-0.1, -0.05) is 12.1 Å². The SMILES string of the molecule is CCn1c(Sc2cnc3ccccc3n2)nnc1-c1ccncc1. The van der Waals surface area contributed by atoms with Crippen LogP contribution in [-0.4, -0.2) is 29.7 Å². The van der Waals surface area contributed by atoms with Crippen LogP contribution < -0.4 is 0 Å². The molecule has 0 spiro atoms. The molecular weight excluding hydrogens is 320 g/mol. The highest BCUT2D eigenvalue weighted by Crippen LogP contribution is 2.28. The van der Waals surface area contributed by atoms with Crippen LogP contribution in [0.5, 0.6) is 0 Å². The van der Waals surface area contributed by atoms with Gasteiger partial charge in [-0.25, -0.2) is 4.98 Å². The third kappa shape index (κ3) is 2.74. The first-order valence-electron chi connectivity index (χ1n) is 7.58. The van der Waals surface area contributed by atoms with Gasteiger partial charge in [-0.05, 0) is 43.0 Å². The number of pyridine rings is 1. The Hall–Kier alpha value is -2.80. The van der Waals surface area contributed by atoms with Crippen molar-refractivity contribution in [2.45, 2.75) is 23.7 Å². The molecule has 0 radical (unpaired) electrons. The molecule has 118 valence electrons. The number of para-hydroxylation sites is 2. The van der Waals surface area contributed by atoms with Crippen LogP contribution >= 0.6 is 11.8 Å². The van der Waals surface area contributed by atoms with Gasteiger partial charge in [0.05, 0.1) is 17.2 Å². The summed E-state index contributed by atoms with van der Waals surface area (Å²) in [4.78, 5) is 13.1. The Labute approximate surface area is 143 Å². The Balaban J connectivity index is 1.70. The zero-order valence-corrected chi connectivity index (χ0v) is 13.8. The highest BCUT2D eigenvalue weighted by atomic mass is 32.2. The minimum atomic E-state index is 0.772. The van der Waals surface area contributed by atoms with Crippen molar-refractivity contribution in [2.75, 3.05) is 0 Å². The van der Waals surface area contributed by atoms with Crippen LogP contribution in [0.1, 0.15) is 6.92 Å². The van der Waals surface area contributed by atoms with Gasteiger partial charge >= 0.3 is 0 Å². The molecule has 3 aromatic heterocycles. The van der Waals surface area contributed by atoms with E-state index in [1.807, 2.05) is 36.4 Å². The van der Waals surface area contributed by atoms with Crippen LogP contribution in [0.25, 0.3) is 22.4 Å². The van der Waals surface area contributed by atoms with E-state index in [1.54, 1.807) is 18.6 Å². The predicted octanol–water partition coefficient (Wildman–Crippen LogP) is 3.45. The van der Waals surface area contributed by atoms with E-state index in [9.17, 15) is 0 Å². The van der Waals surface area contributed by atoms with E-state index in [-0.39, 0.29) is 0 Å². The van der Waals surface area contributed by atoms with Gasteiger partial charge in [0.1, 0.15) is 5.03 Å². The lowest BCUT2D eigenvalue weighted by Crippen LogP contribution is -2.00. The monoisotopic (exact) mass is 334 g/mol. The van der Waals surface area contributed by atoms with Crippen molar-refractivity contribution < 1.29 is 0 Å². The Morgan fingerprint density at radius 1 is 1.00 bits per heavy atom. The van der Waals surface area contributed by atoms with E-state index in [2.05, 4.69) is 36.6 Å². The molecule has 0 amide bonds. The van der Waals surface area contributed by atoms with Crippen LogP contribution in [0.15, 0.2) is 65.2 Å². The second-order valence-corrected chi connectivity index (χ2v) is 6.07. The molecule has 0 unspecified atom stereocenters. The Kier molecular flexibility index (Phi) is 3.92. The van der Waals surface area contributed by atoms with E-state index in [0.717, 1.165) is 39.1 Å². The maximum Gasteiger partial charge on any atom is 0.197 e. The first-order chi connectivity index (χ1) is 11.8. The lowest BCUT2D eigenvalue weighted by Gasteiger charge is -2.07. The van der Waals surface area contributed by atoms with Crippen LogP contribution in [0, 0.1) is 0 Å². The van der Waals surface area contributed by atoms with Crippen molar-refractivity contribution >= 4 is 22.8 Å². The third-order valence-electron chi connectivity index (χ3n) is 3.59. The number of nitrogens with zero attached hydrogens (tertiary/aromatic N) is 6. The van der Waals surface area contributed by atoms with Gasteiger partial charge in [-0.15, -0.1) is 10.2 Å². The normalized spacial score (nSPS) is 11.0. The largest absolute Gasteiger partial charge is 0.302 e. The molecule has 4 aromatic rings. The Morgan fingerprint density at radius 2 is 1.79 bits per heavy atom. The maximum absolute atomic E-state index is 4.64. The molecule has 1 aromatic carbocycles. The lowest BCUT2D eigenvalue weighted by molar-refractivity contribution is 0.686. The van der Waals surface area contributed by atoms with E-state index in [4.69, 9.17) is 0 Å². The third-order valence-corrected chi connectivity index (χ3v) is 4.48. The standard InChI is InChI=1S/C17H14N6S/c1-2-23-16(12-7-9-18-10-8-12)21-22-17(23)24-15-11-19-13-5-3-4-6-14(13)20-15/h3-11H,2H2,1H3. The number of fused-ring (bicyclic) bond motifs is 1. The second kappa shape index (κ2) is 6.37. The molecule has 0 atom stereocenters. The number of rotatable bonds is 4. The summed E-state index contributed by atoms with van der Waals surface area (Å²) in [5.74, 6) is 0.830. The van der Waals surface area contributed by atoms with Gasteiger partial charge in [0.2, 0.25) is 0 Å². The summed E-state index contributed by atoms with van der Waals surface area (Å²) in [6.07, 6.45) is 5.28. The highest BCUT2D eigenvalue weighted by molar-refractivity contribution is 7.99. The Morgan fingerprint density at radius 3 is 2.58 bits per heavy atom. The zero-order chi connectivity index (χ0) is 16.4. The number of benzene rings is 1. The van der Waals surface area contributed by atoms with Crippen molar-refractivity contribution in [3.05, 3.63) is 55.0 Å². The van der Waals surface area contributed by atoms with Gasteiger partial charge < -0.3 is 4.57 Å². The van der Waals surface area contributed by atoms with Gasteiger partial charge in [0.25, 0.3) is 0 Å². The molecule has 24 heavy (non-hydrogen) atoms. The average molecular weight is 334 g/mol. The van der Waals surface area contributed by atoms with Crippen molar-refractivity contribution in [3.63, 3.8) is 0 Å². The molecule has 0 aliphatic heterocycles. The highest BCUT2D eigenvalue weighted by Gasteiger charge is 2.14. The molecule has 6 nitrogen and oxygen atoms in total. The van der Waals surface area contributed by atoms with E-state index < -0.39 is 0 Å². The van der Waals surface area contributed by atoms with Gasteiger partial charge in [-0.2, -0.15) is 0 Å². The number of hydrogen-bond donors (Lipinski definition) is 0. The number of hydrogen-bond acceptors (Lipinski definition) is 6. The predicted molar refractivity (Wildman–Crippen MR) is 92.6 cm³/mol. The summed E-state index contributed by atoms with van der Waals surface area (Å²) < 4.78 is 2.07. The van der Waals surface area contributed by atoms with Crippen LogP contribution in [0.2, 0.25) is 0 Å². The van der Waals surface area contributed by atoms with Crippen molar-refractivity contribution in [1.82, 2.24) is 29.7 Å². The molecule has 0 bridgehead atoms.